The number of alkyl halides is 3. The predicted octanol–water partition coefficient (Wildman–Crippen LogP) is 4.44. The Kier molecular flexibility index (Phi) is 3.77. The van der Waals surface area contributed by atoms with Gasteiger partial charge in [-0.1, -0.05) is 78.1 Å². The van der Waals surface area contributed by atoms with Crippen molar-refractivity contribution < 1.29 is 0 Å². The molecule has 1 heterocycles. The third-order valence-corrected chi connectivity index (χ3v) is 3.04. The van der Waals surface area contributed by atoms with Crippen LogP contribution in [0.5, 0.6) is 0 Å². The topological polar surface area (TPSA) is 25.8 Å². The number of aromatic nitrogens is 2. The van der Waals surface area contributed by atoms with Gasteiger partial charge >= 0.3 is 0 Å². The van der Waals surface area contributed by atoms with Crippen LogP contribution in [0.15, 0.2) is 42.6 Å². The van der Waals surface area contributed by atoms with Crippen LogP contribution >= 0.6 is 47.8 Å². The van der Waals surface area contributed by atoms with Crippen molar-refractivity contribution in [3.8, 4) is 11.3 Å². The van der Waals surface area contributed by atoms with E-state index in [1.54, 1.807) is 6.20 Å². The van der Waals surface area contributed by atoms with Crippen LogP contribution in [0.4, 0.5) is 0 Å². The molecule has 0 unspecified atom stereocenters. The van der Waals surface area contributed by atoms with E-state index in [-0.39, 0.29) is 0 Å². The van der Waals surface area contributed by atoms with Gasteiger partial charge in [-0.2, -0.15) is 0 Å². The first kappa shape index (κ1) is 12.2. The van der Waals surface area contributed by atoms with Crippen molar-refractivity contribution in [2.45, 2.75) is 2.14 Å². The van der Waals surface area contributed by atoms with E-state index in [0.717, 1.165) is 11.3 Å². The van der Waals surface area contributed by atoms with Crippen LogP contribution in [0.25, 0.3) is 11.3 Å². The third-order valence-electron chi connectivity index (χ3n) is 1.98. The molecule has 0 bridgehead atoms. The largest absolute Gasteiger partial charge is 0.238 e. The van der Waals surface area contributed by atoms with E-state index in [0.29, 0.717) is 5.82 Å². The molecule has 16 heavy (non-hydrogen) atoms. The maximum atomic E-state index is 4.46. The van der Waals surface area contributed by atoms with Gasteiger partial charge in [-0.3, -0.25) is 0 Å². The number of halogens is 3. The lowest BCUT2D eigenvalue weighted by Gasteiger charge is -2.11. The van der Waals surface area contributed by atoms with E-state index in [9.17, 15) is 0 Å². The quantitative estimate of drug-likeness (QED) is 0.654. The molecule has 5 heteroatoms. The Bertz CT molecular complexity index is 480. The van der Waals surface area contributed by atoms with Crippen LogP contribution in [0, 0.1) is 0 Å². The number of rotatable bonds is 1. The summed E-state index contributed by atoms with van der Waals surface area (Å²) in [4.78, 5) is 8.65. The van der Waals surface area contributed by atoms with E-state index in [4.69, 9.17) is 0 Å². The van der Waals surface area contributed by atoms with Crippen molar-refractivity contribution in [2.24, 2.45) is 0 Å². The molecule has 0 aliphatic heterocycles. The summed E-state index contributed by atoms with van der Waals surface area (Å²) in [5.41, 5.74) is 1.97. The molecule has 0 N–H and O–H groups in total. The summed E-state index contributed by atoms with van der Waals surface area (Å²) in [7, 11) is 0. The summed E-state index contributed by atoms with van der Waals surface area (Å²) in [5.74, 6) is 0.633. The lowest BCUT2D eigenvalue weighted by molar-refractivity contribution is 1.02. The second kappa shape index (κ2) is 4.94. The van der Waals surface area contributed by atoms with Gasteiger partial charge in [0.05, 0.1) is 5.69 Å². The zero-order valence-electron chi connectivity index (χ0n) is 8.07. The highest BCUT2D eigenvalue weighted by Gasteiger charge is 2.24. The fraction of sp³-hybridized carbons (Fsp3) is 0.0909. The fourth-order valence-corrected chi connectivity index (χ4v) is 1.84. The van der Waals surface area contributed by atoms with Crippen LogP contribution < -0.4 is 0 Å². The summed E-state index contributed by atoms with van der Waals surface area (Å²) in [5, 5.41) is 0. The molecule has 82 valence electrons. The summed E-state index contributed by atoms with van der Waals surface area (Å²) >= 11 is 10.2. The Morgan fingerprint density at radius 3 is 2.25 bits per heavy atom. The summed E-state index contributed by atoms with van der Waals surface area (Å²) in [6, 6.07) is 11.9. The smallest absolute Gasteiger partial charge is 0.193 e. The number of benzene rings is 1. The molecule has 0 amide bonds. The molecule has 0 atom stereocenters. The molecular weight excluding hydrogens is 400 g/mol. The summed E-state index contributed by atoms with van der Waals surface area (Å²) in [6.45, 7) is 0. The van der Waals surface area contributed by atoms with Gasteiger partial charge in [-0.05, 0) is 6.07 Å². The lowest BCUT2D eigenvalue weighted by Crippen LogP contribution is -2.05. The van der Waals surface area contributed by atoms with Crippen LogP contribution in [-0.4, -0.2) is 9.97 Å². The van der Waals surface area contributed by atoms with E-state index in [1.165, 1.54) is 0 Å². The molecule has 0 fully saturated rings. The molecule has 0 saturated carbocycles. The fourth-order valence-electron chi connectivity index (χ4n) is 1.26. The van der Waals surface area contributed by atoms with Gasteiger partial charge in [0.25, 0.3) is 0 Å². The first-order valence-corrected chi connectivity index (χ1v) is 6.91. The molecule has 0 spiro atoms. The standard InChI is InChI=1S/C11H7Br3N2/c12-11(13,14)10-15-7-6-9(16-10)8-4-2-1-3-5-8/h1-7H. The van der Waals surface area contributed by atoms with Gasteiger partial charge in [-0.25, -0.2) is 9.97 Å². The van der Waals surface area contributed by atoms with Crippen molar-refractivity contribution in [3.05, 3.63) is 48.4 Å². The molecule has 0 aliphatic carbocycles. The molecule has 1 aromatic carbocycles. The Morgan fingerprint density at radius 2 is 1.62 bits per heavy atom. The SMILES string of the molecule is BrC(Br)(Br)c1nccc(-c2ccccc2)n1. The van der Waals surface area contributed by atoms with E-state index in [1.807, 2.05) is 36.4 Å². The van der Waals surface area contributed by atoms with E-state index < -0.39 is 2.14 Å². The normalized spacial score (nSPS) is 11.4. The van der Waals surface area contributed by atoms with Crippen molar-refractivity contribution in [3.63, 3.8) is 0 Å². The van der Waals surface area contributed by atoms with Crippen LogP contribution in [0.2, 0.25) is 0 Å². The second-order valence-corrected chi connectivity index (χ2v) is 9.89. The molecular formula is C11H7Br3N2. The van der Waals surface area contributed by atoms with E-state index in [2.05, 4.69) is 57.8 Å². The third kappa shape index (κ3) is 2.90. The van der Waals surface area contributed by atoms with Crippen LogP contribution in [-0.2, 0) is 2.14 Å². The molecule has 2 rings (SSSR count). The predicted molar refractivity (Wildman–Crippen MR) is 75.9 cm³/mol. The average Bonchev–Trinajstić information content (AvgIpc) is 2.29. The second-order valence-electron chi connectivity index (χ2n) is 3.13. The van der Waals surface area contributed by atoms with Gasteiger partial charge in [0.2, 0.25) is 0 Å². The number of hydrogen-bond acceptors (Lipinski definition) is 2. The van der Waals surface area contributed by atoms with Crippen molar-refractivity contribution in [2.75, 3.05) is 0 Å². The Morgan fingerprint density at radius 1 is 0.938 bits per heavy atom. The number of hydrogen-bond donors (Lipinski definition) is 0. The zero-order chi connectivity index (χ0) is 11.6. The zero-order valence-corrected chi connectivity index (χ0v) is 12.8. The molecule has 2 nitrogen and oxygen atoms in total. The van der Waals surface area contributed by atoms with E-state index >= 15 is 0 Å². The summed E-state index contributed by atoms with van der Waals surface area (Å²) < 4.78 is -0.572. The highest BCUT2D eigenvalue weighted by Crippen LogP contribution is 2.42. The lowest BCUT2D eigenvalue weighted by atomic mass is 10.1. The highest BCUT2D eigenvalue weighted by molar-refractivity contribution is 9.38. The maximum Gasteiger partial charge on any atom is 0.193 e. The van der Waals surface area contributed by atoms with Gasteiger partial charge in [-0.15, -0.1) is 0 Å². The average molecular weight is 407 g/mol. The Hall–Kier alpha value is -0.260. The van der Waals surface area contributed by atoms with Gasteiger partial charge in [0.1, 0.15) is 0 Å². The summed E-state index contributed by atoms with van der Waals surface area (Å²) in [6.07, 6.45) is 1.74. The Balaban J connectivity index is 2.45. The van der Waals surface area contributed by atoms with Crippen LogP contribution in [0.3, 0.4) is 0 Å². The molecule has 0 aliphatic rings. The minimum Gasteiger partial charge on any atom is -0.238 e. The van der Waals surface area contributed by atoms with Gasteiger partial charge < -0.3 is 0 Å². The number of nitrogens with zero attached hydrogens (tertiary/aromatic N) is 2. The first-order chi connectivity index (χ1) is 7.57. The van der Waals surface area contributed by atoms with Gasteiger partial charge in [0.15, 0.2) is 7.97 Å². The van der Waals surface area contributed by atoms with Crippen molar-refractivity contribution in [1.82, 2.24) is 9.97 Å². The Labute approximate surface area is 119 Å². The van der Waals surface area contributed by atoms with Crippen molar-refractivity contribution >= 4 is 47.8 Å². The molecule has 2 aromatic rings. The molecule has 0 radical (unpaired) electrons. The van der Waals surface area contributed by atoms with Gasteiger partial charge in [0, 0.05) is 11.8 Å². The minimum atomic E-state index is -0.572. The van der Waals surface area contributed by atoms with Crippen LogP contribution in [0.1, 0.15) is 5.82 Å². The minimum absolute atomic E-state index is 0.572. The monoisotopic (exact) mass is 404 g/mol. The molecule has 0 saturated heterocycles. The first-order valence-electron chi connectivity index (χ1n) is 4.53. The van der Waals surface area contributed by atoms with Crippen molar-refractivity contribution in [1.29, 1.82) is 0 Å². The maximum absolute atomic E-state index is 4.46. The molecule has 1 aromatic heterocycles. The highest BCUT2D eigenvalue weighted by atomic mass is 80.0.